The second kappa shape index (κ2) is 12.7. The molecule has 0 bridgehead atoms. The molecule has 1 aliphatic rings. The molecule has 3 amide bonds. The van der Waals surface area contributed by atoms with Gasteiger partial charge in [-0.25, -0.2) is 15.1 Å². The van der Waals surface area contributed by atoms with Gasteiger partial charge in [-0.3, -0.25) is 4.79 Å². The number of urea groups is 1. The molecule has 4 rings (SSSR count). The Morgan fingerprint density at radius 3 is 2.33 bits per heavy atom. The fraction of sp³-hybridized carbons (Fsp3) is 0.308. The van der Waals surface area contributed by atoms with Crippen molar-refractivity contribution in [1.82, 2.24) is 25.5 Å². The zero-order valence-corrected chi connectivity index (χ0v) is 23.1. The Bertz CT molecular complexity index is 1360. The number of aromatic nitrogens is 2. The molecule has 0 spiro atoms. The molecule has 10 nitrogen and oxygen atoms in total. The predicted molar refractivity (Wildman–Crippen MR) is 141 cm³/mol. The third kappa shape index (κ3) is 6.41. The van der Waals surface area contributed by atoms with Gasteiger partial charge >= 0.3 is 12.6 Å². The largest absolute Gasteiger partial charge is 0.480 e. The minimum absolute atomic E-state index is 0.00866. The number of amides is 3. The number of methoxy groups -OCH3 is 1. The van der Waals surface area contributed by atoms with E-state index >= 15 is 0 Å². The number of nitrogens with zero attached hydrogens (tertiary/aromatic N) is 4. The minimum Gasteiger partial charge on any atom is -0.480 e. The highest BCUT2D eigenvalue weighted by Crippen LogP contribution is 2.40. The van der Waals surface area contributed by atoms with Crippen molar-refractivity contribution in [3.8, 4) is 17.5 Å². The lowest BCUT2D eigenvalue weighted by Gasteiger charge is -2.38. The number of hydrogen-bond acceptors (Lipinski definition) is 8. The summed E-state index contributed by atoms with van der Waals surface area (Å²) in [6, 6.07) is 10.5. The summed E-state index contributed by atoms with van der Waals surface area (Å²) in [7, 11) is 1.47. The van der Waals surface area contributed by atoms with Crippen LogP contribution in [0, 0.1) is 0 Å². The number of alkyl halides is 2. The van der Waals surface area contributed by atoms with Crippen LogP contribution in [0.5, 0.6) is 17.5 Å². The highest BCUT2D eigenvalue weighted by Gasteiger charge is 2.43. The zero-order valence-electron chi connectivity index (χ0n) is 21.6. The topological polar surface area (TPSA) is 106 Å². The number of nitrogens with one attached hydrogen (secondary N) is 1. The smallest absolute Gasteiger partial charge is 0.347 e. The molecule has 1 fully saturated rings. The van der Waals surface area contributed by atoms with E-state index in [4.69, 9.17) is 37.4 Å². The van der Waals surface area contributed by atoms with E-state index in [1.54, 1.807) is 30.3 Å². The van der Waals surface area contributed by atoms with Crippen LogP contribution in [-0.2, 0) is 16.1 Å². The molecular weight excluding hydrogens is 571 g/mol. The molecule has 1 aliphatic heterocycles. The molecule has 1 N–H and O–H groups in total. The third-order valence-electron chi connectivity index (χ3n) is 5.89. The summed E-state index contributed by atoms with van der Waals surface area (Å²) in [5.74, 6) is -0.353. The number of carbonyl (C=O) groups is 2. The summed E-state index contributed by atoms with van der Waals surface area (Å²) in [6.45, 7) is 0.134. The lowest BCUT2D eigenvalue weighted by Crippen LogP contribution is -2.63. The maximum Gasteiger partial charge on any atom is 0.347 e. The highest BCUT2D eigenvalue weighted by molar-refractivity contribution is 6.37. The second-order valence-corrected chi connectivity index (χ2v) is 9.75. The van der Waals surface area contributed by atoms with Crippen LogP contribution in [0.25, 0.3) is 0 Å². The van der Waals surface area contributed by atoms with E-state index in [1.165, 1.54) is 19.2 Å². The Kier molecular flexibility index (Phi) is 9.36. The summed E-state index contributed by atoms with van der Waals surface area (Å²) in [5, 5.41) is 7.94. The molecule has 0 radical (unpaired) electrons. The number of hydrogen-bond donors (Lipinski definition) is 1. The summed E-state index contributed by atoms with van der Waals surface area (Å²) >= 11 is 12.9. The number of imide groups is 1. The van der Waals surface area contributed by atoms with Crippen LogP contribution in [0.1, 0.15) is 42.5 Å². The first-order valence-electron chi connectivity index (χ1n) is 12.0. The van der Waals surface area contributed by atoms with Gasteiger partial charge in [-0.2, -0.15) is 13.8 Å². The van der Waals surface area contributed by atoms with Gasteiger partial charge in [0.15, 0.2) is 5.75 Å². The van der Waals surface area contributed by atoms with Gasteiger partial charge in [0.05, 0.1) is 23.8 Å². The number of halogens is 4. The van der Waals surface area contributed by atoms with E-state index in [-0.39, 0.29) is 44.8 Å². The van der Waals surface area contributed by atoms with Crippen molar-refractivity contribution in [1.29, 1.82) is 0 Å². The Balaban J connectivity index is 1.57. The highest BCUT2D eigenvalue weighted by atomic mass is 35.5. The van der Waals surface area contributed by atoms with E-state index in [9.17, 15) is 18.4 Å². The van der Waals surface area contributed by atoms with Crippen LogP contribution < -0.4 is 14.9 Å². The first-order chi connectivity index (χ1) is 19.1. The Labute approximate surface area is 238 Å². The first kappa shape index (κ1) is 29.4. The standard InChI is InChI=1S/C26H25Cl2F2N5O5/c1-14(2)17-11-20(31-32-23(17)38-3)40-22-18(27)9-16(10-19(22)28)21-24(36)34(26(37)35(33-21)25(29)30)13-39-12-15-7-5-4-6-8-15/h4-11,14,21,25,33H,12-13H2,1-3H3. The third-order valence-corrected chi connectivity index (χ3v) is 6.45. The van der Waals surface area contributed by atoms with E-state index in [1.807, 2.05) is 19.9 Å². The van der Waals surface area contributed by atoms with Crippen LogP contribution in [0.15, 0.2) is 48.5 Å². The Morgan fingerprint density at radius 2 is 1.73 bits per heavy atom. The Hall–Kier alpha value is -3.58. The van der Waals surface area contributed by atoms with E-state index in [2.05, 4.69) is 15.6 Å². The van der Waals surface area contributed by atoms with Crippen molar-refractivity contribution in [2.75, 3.05) is 13.8 Å². The maximum atomic E-state index is 13.7. The molecule has 0 saturated carbocycles. The van der Waals surface area contributed by atoms with Crippen LogP contribution in [0.4, 0.5) is 13.6 Å². The predicted octanol–water partition coefficient (Wildman–Crippen LogP) is 5.91. The normalized spacial score (nSPS) is 15.8. The number of hydrazine groups is 1. The van der Waals surface area contributed by atoms with Gasteiger partial charge in [0.1, 0.15) is 12.8 Å². The molecular formula is C26H25Cl2F2N5O5. The summed E-state index contributed by atoms with van der Waals surface area (Å²) in [5.41, 5.74) is 3.88. The Morgan fingerprint density at radius 1 is 1.05 bits per heavy atom. The molecule has 1 atom stereocenters. The van der Waals surface area contributed by atoms with Crippen molar-refractivity contribution < 1.29 is 32.6 Å². The van der Waals surface area contributed by atoms with Crippen LogP contribution >= 0.6 is 23.2 Å². The van der Waals surface area contributed by atoms with Gasteiger partial charge in [0, 0.05) is 11.6 Å². The average Bonchev–Trinajstić information content (AvgIpc) is 2.92. The molecule has 1 aromatic heterocycles. The molecule has 2 heterocycles. The molecule has 1 saturated heterocycles. The molecule has 14 heteroatoms. The van der Waals surface area contributed by atoms with E-state index in [0.717, 1.165) is 11.1 Å². The number of benzene rings is 2. The molecule has 2 aromatic carbocycles. The lowest BCUT2D eigenvalue weighted by atomic mass is 10.0. The van der Waals surface area contributed by atoms with Gasteiger partial charge in [-0.05, 0) is 29.2 Å². The first-order valence-corrected chi connectivity index (χ1v) is 12.7. The van der Waals surface area contributed by atoms with E-state index < -0.39 is 31.3 Å². The quantitative estimate of drug-likeness (QED) is 0.288. The summed E-state index contributed by atoms with van der Waals surface area (Å²) in [6.07, 6.45) is 0. The van der Waals surface area contributed by atoms with Crippen LogP contribution in [0.3, 0.4) is 0 Å². The minimum atomic E-state index is -3.25. The second-order valence-electron chi connectivity index (χ2n) is 8.94. The van der Waals surface area contributed by atoms with Crippen molar-refractivity contribution in [3.05, 3.63) is 75.3 Å². The fourth-order valence-electron chi connectivity index (χ4n) is 3.88. The molecule has 212 valence electrons. The van der Waals surface area contributed by atoms with Crippen LogP contribution in [0.2, 0.25) is 10.0 Å². The average molecular weight is 596 g/mol. The number of rotatable bonds is 10. The van der Waals surface area contributed by atoms with E-state index in [0.29, 0.717) is 10.8 Å². The van der Waals surface area contributed by atoms with Gasteiger partial charge < -0.3 is 14.2 Å². The summed E-state index contributed by atoms with van der Waals surface area (Å²) in [4.78, 5) is 26.5. The van der Waals surface area contributed by atoms with Crippen LogP contribution in [-0.4, -0.2) is 52.4 Å². The monoisotopic (exact) mass is 595 g/mol. The zero-order chi connectivity index (χ0) is 29.0. The van der Waals surface area contributed by atoms with Gasteiger partial charge in [-0.15, -0.1) is 10.2 Å². The molecule has 3 aromatic rings. The van der Waals surface area contributed by atoms with Gasteiger partial charge in [0.25, 0.3) is 5.91 Å². The maximum absolute atomic E-state index is 13.7. The van der Waals surface area contributed by atoms with Crippen molar-refractivity contribution in [2.45, 2.75) is 39.0 Å². The SMILES string of the molecule is COc1nnc(Oc2c(Cl)cc(C3NN(C(F)F)C(=O)N(COCc4ccccc4)C3=O)cc2Cl)cc1C(C)C. The summed E-state index contributed by atoms with van der Waals surface area (Å²) < 4.78 is 43.9. The van der Waals surface area contributed by atoms with Crippen molar-refractivity contribution in [2.24, 2.45) is 0 Å². The molecule has 40 heavy (non-hydrogen) atoms. The van der Waals surface area contributed by atoms with Crippen molar-refractivity contribution in [3.63, 3.8) is 0 Å². The molecule has 1 unspecified atom stereocenters. The van der Waals surface area contributed by atoms with Crippen molar-refractivity contribution >= 4 is 35.1 Å². The lowest BCUT2D eigenvalue weighted by molar-refractivity contribution is -0.148. The number of carbonyl (C=O) groups excluding carboxylic acids is 2. The van der Waals surface area contributed by atoms with Gasteiger partial charge in [0.2, 0.25) is 11.8 Å². The van der Waals surface area contributed by atoms with Gasteiger partial charge in [-0.1, -0.05) is 67.4 Å². The molecule has 0 aliphatic carbocycles. The number of ether oxygens (including phenoxy) is 3. The fourth-order valence-corrected chi connectivity index (χ4v) is 4.46.